The van der Waals surface area contributed by atoms with Crippen LogP contribution < -0.4 is 10.6 Å². The lowest BCUT2D eigenvalue weighted by Crippen LogP contribution is -2.53. The predicted molar refractivity (Wildman–Crippen MR) is 87.9 cm³/mol. The highest BCUT2D eigenvalue weighted by molar-refractivity contribution is 7.91. The second kappa shape index (κ2) is 7.17. The van der Waals surface area contributed by atoms with Crippen molar-refractivity contribution in [1.82, 2.24) is 10.6 Å². The van der Waals surface area contributed by atoms with Gasteiger partial charge >= 0.3 is 6.09 Å². The third-order valence-electron chi connectivity index (χ3n) is 4.09. The zero-order valence-corrected chi connectivity index (χ0v) is 15.0. The van der Waals surface area contributed by atoms with Crippen LogP contribution in [0.25, 0.3) is 0 Å². The Balaban J connectivity index is 2.84. The minimum atomic E-state index is -3.19. The van der Waals surface area contributed by atoms with E-state index in [0.717, 1.165) is 6.42 Å². The van der Waals surface area contributed by atoms with Gasteiger partial charge in [-0.1, -0.05) is 0 Å². The Labute approximate surface area is 134 Å². The highest BCUT2D eigenvalue weighted by atomic mass is 32.2. The summed E-state index contributed by atoms with van der Waals surface area (Å²) in [7, 11) is -3.19. The van der Waals surface area contributed by atoms with Crippen LogP contribution in [0.4, 0.5) is 4.79 Å². The summed E-state index contributed by atoms with van der Waals surface area (Å²) in [6.07, 6.45) is 1.10. The van der Waals surface area contributed by atoms with Crippen molar-refractivity contribution in [3.63, 3.8) is 0 Å². The van der Waals surface area contributed by atoms with Gasteiger partial charge in [-0.05, 0) is 59.8 Å². The average Bonchev–Trinajstić information content (AvgIpc) is 2.29. The van der Waals surface area contributed by atoms with Gasteiger partial charge in [0.15, 0.2) is 9.84 Å². The van der Waals surface area contributed by atoms with E-state index in [9.17, 15) is 13.2 Å². The first-order valence-electron chi connectivity index (χ1n) is 7.89. The maximum absolute atomic E-state index is 12.2. The van der Waals surface area contributed by atoms with Crippen molar-refractivity contribution in [2.75, 3.05) is 5.75 Å². The Morgan fingerprint density at radius 3 is 2.32 bits per heavy atom. The summed E-state index contributed by atoms with van der Waals surface area (Å²) in [6.45, 7) is 9.57. The molecule has 0 bridgehead atoms. The zero-order valence-electron chi connectivity index (χ0n) is 14.2. The Bertz CT molecular complexity index is 482. The van der Waals surface area contributed by atoms with Gasteiger partial charge in [0.05, 0.1) is 11.0 Å². The van der Waals surface area contributed by atoms with Crippen molar-refractivity contribution in [2.24, 2.45) is 5.92 Å². The molecule has 1 rings (SSSR count). The lowest BCUT2D eigenvalue weighted by Gasteiger charge is -2.39. The van der Waals surface area contributed by atoms with Crippen LogP contribution in [-0.2, 0) is 9.84 Å². The molecule has 1 amide bonds. The summed E-state index contributed by atoms with van der Waals surface area (Å²) >= 11 is 0. The number of rotatable bonds is 5. The molecule has 0 aromatic carbocycles. The molecule has 3 atom stereocenters. The first-order valence-corrected chi connectivity index (χ1v) is 9.61. The number of amides is 1. The average molecular weight is 334 g/mol. The normalized spacial score (nSPS) is 26.9. The molecule has 0 saturated heterocycles. The van der Waals surface area contributed by atoms with Crippen LogP contribution in [0.2, 0.25) is 0 Å². The van der Waals surface area contributed by atoms with Gasteiger partial charge in [0.1, 0.15) is 0 Å². The largest absolute Gasteiger partial charge is 0.465 e. The van der Waals surface area contributed by atoms with E-state index >= 15 is 0 Å². The van der Waals surface area contributed by atoms with E-state index in [2.05, 4.69) is 31.4 Å². The number of carboxylic acid groups (broad SMARTS) is 1. The maximum Gasteiger partial charge on any atom is 0.404 e. The van der Waals surface area contributed by atoms with Gasteiger partial charge in [0, 0.05) is 17.6 Å². The fourth-order valence-corrected chi connectivity index (χ4v) is 4.38. The van der Waals surface area contributed by atoms with E-state index in [-0.39, 0.29) is 29.3 Å². The van der Waals surface area contributed by atoms with Gasteiger partial charge in [0.2, 0.25) is 0 Å². The highest BCUT2D eigenvalue weighted by Gasteiger charge is 2.36. The van der Waals surface area contributed by atoms with Crippen LogP contribution in [0.5, 0.6) is 0 Å². The summed E-state index contributed by atoms with van der Waals surface area (Å²) < 4.78 is 24.5. The fraction of sp³-hybridized carbons (Fsp3) is 0.933. The molecule has 3 N–H and O–H groups in total. The van der Waals surface area contributed by atoms with Crippen LogP contribution in [0.3, 0.4) is 0 Å². The molecule has 22 heavy (non-hydrogen) atoms. The van der Waals surface area contributed by atoms with E-state index in [1.807, 2.05) is 0 Å². The van der Waals surface area contributed by atoms with E-state index in [4.69, 9.17) is 5.11 Å². The molecule has 0 heterocycles. The van der Waals surface area contributed by atoms with Gasteiger partial charge in [-0.15, -0.1) is 0 Å². The summed E-state index contributed by atoms with van der Waals surface area (Å²) in [6, 6.07) is -0.0664. The first kappa shape index (κ1) is 19.2. The fourth-order valence-electron chi connectivity index (χ4n) is 3.03. The zero-order chi connectivity index (χ0) is 17.1. The number of carbonyl (C=O) groups is 1. The minimum Gasteiger partial charge on any atom is -0.465 e. The van der Waals surface area contributed by atoms with Gasteiger partial charge in [0.25, 0.3) is 0 Å². The summed E-state index contributed by atoms with van der Waals surface area (Å²) in [4.78, 5) is 10.9. The maximum atomic E-state index is 12.2. The Morgan fingerprint density at radius 2 is 1.86 bits per heavy atom. The molecule has 0 aromatic heterocycles. The quantitative estimate of drug-likeness (QED) is 0.715. The molecule has 0 aromatic rings. The molecule has 0 aliphatic heterocycles. The third-order valence-corrected chi connectivity index (χ3v) is 6.42. The Kier molecular flexibility index (Phi) is 6.27. The number of nitrogens with one attached hydrogen (secondary N) is 2. The number of hydrogen-bond acceptors (Lipinski definition) is 4. The van der Waals surface area contributed by atoms with Crippen LogP contribution >= 0.6 is 0 Å². The van der Waals surface area contributed by atoms with Crippen molar-refractivity contribution in [3.8, 4) is 0 Å². The second-order valence-corrected chi connectivity index (χ2v) is 10.2. The standard InChI is InChI=1S/C15H30N2O4S/c1-10(2)22(20,21)9-11-8-12(17-15(3,4)5)6-7-13(11)16-14(18)19/h10-13,16-17H,6-9H2,1-5H3,(H,18,19). The van der Waals surface area contributed by atoms with Crippen molar-refractivity contribution in [3.05, 3.63) is 0 Å². The topological polar surface area (TPSA) is 95.5 Å². The SMILES string of the molecule is CC(C)S(=O)(=O)CC1CC(NC(C)(C)C)CCC1NC(=O)O. The smallest absolute Gasteiger partial charge is 0.404 e. The lowest BCUT2D eigenvalue weighted by molar-refractivity contribution is 0.167. The van der Waals surface area contributed by atoms with Crippen LogP contribution in [0.15, 0.2) is 0 Å². The molecule has 130 valence electrons. The molecule has 0 spiro atoms. The van der Waals surface area contributed by atoms with Crippen molar-refractivity contribution in [1.29, 1.82) is 0 Å². The highest BCUT2D eigenvalue weighted by Crippen LogP contribution is 2.28. The van der Waals surface area contributed by atoms with E-state index in [0.29, 0.717) is 12.8 Å². The van der Waals surface area contributed by atoms with Crippen molar-refractivity contribution < 1.29 is 18.3 Å². The molecule has 3 unspecified atom stereocenters. The van der Waals surface area contributed by atoms with Gasteiger partial charge in [-0.2, -0.15) is 0 Å². The van der Waals surface area contributed by atoms with E-state index in [1.54, 1.807) is 13.8 Å². The molecule has 0 radical (unpaired) electrons. The summed E-state index contributed by atoms with van der Waals surface area (Å²) in [5.41, 5.74) is -0.0425. The molecular weight excluding hydrogens is 304 g/mol. The van der Waals surface area contributed by atoms with Crippen molar-refractivity contribution >= 4 is 15.9 Å². The molecule has 1 aliphatic rings. The molecule has 6 nitrogen and oxygen atoms in total. The van der Waals surface area contributed by atoms with Crippen LogP contribution in [0, 0.1) is 5.92 Å². The van der Waals surface area contributed by atoms with Gasteiger partial charge < -0.3 is 15.7 Å². The first-order chi connectivity index (χ1) is 9.90. The molecular formula is C15H30N2O4S. The Hall–Kier alpha value is -0.820. The van der Waals surface area contributed by atoms with E-state index in [1.165, 1.54) is 0 Å². The minimum absolute atomic E-state index is 0.0396. The summed E-state index contributed by atoms with van der Waals surface area (Å²) in [5, 5.41) is 14.5. The van der Waals surface area contributed by atoms with Crippen LogP contribution in [-0.4, -0.2) is 48.2 Å². The molecule has 1 saturated carbocycles. The van der Waals surface area contributed by atoms with E-state index < -0.39 is 21.2 Å². The van der Waals surface area contributed by atoms with Gasteiger partial charge in [-0.25, -0.2) is 13.2 Å². The molecule has 1 fully saturated rings. The van der Waals surface area contributed by atoms with Crippen molar-refractivity contribution in [2.45, 2.75) is 76.8 Å². The predicted octanol–water partition coefficient (Wildman–Crippen LogP) is 2.00. The Morgan fingerprint density at radius 1 is 1.27 bits per heavy atom. The number of hydrogen-bond donors (Lipinski definition) is 3. The number of sulfone groups is 1. The molecule has 7 heteroatoms. The summed E-state index contributed by atoms with van der Waals surface area (Å²) in [5.74, 6) is -0.144. The third kappa shape index (κ3) is 6.12. The monoisotopic (exact) mass is 334 g/mol. The van der Waals surface area contributed by atoms with Gasteiger partial charge in [-0.3, -0.25) is 0 Å². The van der Waals surface area contributed by atoms with Crippen LogP contribution in [0.1, 0.15) is 53.9 Å². The lowest BCUT2D eigenvalue weighted by atomic mass is 9.82. The molecule has 1 aliphatic carbocycles. The second-order valence-electron chi connectivity index (χ2n) is 7.60.